The van der Waals surface area contributed by atoms with Gasteiger partial charge in [0.1, 0.15) is 11.6 Å². The van der Waals surface area contributed by atoms with E-state index in [4.69, 9.17) is 21.4 Å². The molecule has 0 spiro atoms. The Kier molecular flexibility index (Phi) is 11.9. The lowest BCUT2D eigenvalue weighted by Crippen LogP contribution is -2.08. The molecule has 3 nitrogen and oxygen atoms in total. The molecule has 1 aromatic carbocycles. The Hall–Kier alpha value is -1.65. The van der Waals surface area contributed by atoms with Gasteiger partial charge in [-0.2, -0.15) is 0 Å². The normalized spacial score (nSPS) is 13.5. The van der Waals surface area contributed by atoms with Gasteiger partial charge < -0.3 is 9.84 Å². The van der Waals surface area contributed by atoms with E-state index >= 15 is 0 Å². The minimum atomic E-state index is -0.321. The van der Waals surface area contributed by atoms with Gasteiger partial charge in [-0.15, -0.1) is 0 Å². The van der Waals surface area contributed by atoms with Crippen molar-refractivity contribution in [1.82, 2.24) is 0 Å². The van der Waals surface area contributed by atoms with Crippen LogP contribution in [0.5, 0.6) is 5.75 Å². The molecule has 1 rings (SSSR count). The number of aliphatic hydroxyl groups excluding tert-OH is 1. The van der Waals surface area contributed by atoms with Gasteiger partial charge in [0, 0.05) is 11.8 Å². The van der Waals surface area contributed by atoms with E-state index in [9.17, 15) is 4.39 Å². The standard InChI is InChI=1S/C18H23ClFNO.C4H10O/c1-7-16(21-8-2)18(19)13(6)14-10-17(22-11(3)4)12(5)9-15(14)20;1-3-4(2)5/h8-11H,2,7H2,1,3-6H3;4-5H,3H2,1-2H3/b18-13-,21-16?;. The molecule has 0 amide bonds. The Labute approximate surface area is 168 Å². The van der Waals surface area contributed by atoms with Crippen LogP contribution in [0, 0.1) is 12.7 Å². The molecule has 1 atom stereocenters. The van der Waals surface area contributed by atoms with E-state index in [1.54, 1.807) is 19.9 Å². The second kappa shape index (κ2) is 12.7. The van der Waals surface area contributed by atoms with Gasteiger partial charge in [-0.05, 0) is 70.7 Å². The molecular formula is C22H33ClFNO2. The SMILES string of the molecule is C=CN=C(CC)/C(Cl)=C(\C)c1cc(OC(C)C)c(C)cc1F.CCC(C)O. The zero-order valence-electron chi connectivity index (χ0n) is 17.6. The molecule has 0 saturated heterocycles. The van der Waals surface area contributed by atoms with Crippen LogP contribution in [0.4, 0.5) is 4.39 Å². The molecule has 5 heteroatoms. The molecule has 1 unspecified atom stereocenters. The summed E-state index contributed by atoms with van der Waals surface area (Å²) in [5, 5.41) is 8.81. The summed E-state index contributed by atoms with van der Waals surface area (Å²) in [6, 6.07) is 3.17. The third kappa shape index (κ3) is 8.72. The van der Waals surface area contributed by atoms with Crippen molar-refractivity contribution in [3.05, 3.63) is 46.9 Å². The van der Waals surface area contributed by atoms with Gasteiger partial charge in [-0.1, -0.05) is 32.0 Å². The molecule has 27 heavy (non-hydrogen) atoms. The average Bonchev–Trinajstić information content (AvgIpc) is 2.60. The number of hydrogen-bond donors (Lipinski definition) is 1. The number of benzene rings is 1. The lowest BCUT2D eigenvalue weighted by molar-refractivity contribution is 0.191. The van der Waals surface area contributed by atoms with Crippen molar-refractivity contribution in [2.75, 3.05) is 0 Å². The van der Waals surface area contributed by atoms with Crippen molar-refractivity contribution >= 4 is 22.9 Å². The van der Waals surface area contributed by atoms with Crippen LogP contribution < -0.4 is 4.74 Å². The third-order valence-corrected chi connectivity index (χ3v) is 4.29. The number of aliphatic hydroxyl groups is 1. The first kappa shape index (κ1) is 25.4. The summed E-state index contributed by atoms with van der Waals surface area (Å²) < 4.78 is 20.0. The molecule has 152 valence electrons. The van der Waals surface area contributed by atoms with Crippen LogP contribution in [0.1, 0.15) is 65.5 Å². The van der Waals surface area contributed by atoms with E-state index in [2.05, 4.69) is 11.6 Å². The van der Waals surface area contributed by atoms with Crippen LogP contribution in [0.25, 0.3) is 5.57 Å². The fourth-order valence-corrected chi connectivity index (χ4v) is 2.35. The number of halogens is 2. The molecule has 0 radical (unpaired) electrons. The number of aliphatic imine (C=N–C) groups is 1. The van der Waals surface area contributed by atoms with Gasteiger partial charge in [0.05, 0.1) is 23.0 Å². The lowest BCUT2D eigenvalue weighted by atomic mass is 10.0. The van der Waals surface area contributed by atoms with Crippen molar-refractivity contribution in [2.45, 2.75) is 73.5 Å². The molecular weight excluding hydrogens is 365 g/mol. The van der Waals surface area contributed by atoms with Crippen molar-refractivity contribution < 1.29 is 14.2 Å². The fourth-order valence-electron chi connectivity index (χ4n) is 2.07. The second-order valence-electron chi connectivity index (χ2n) is 6.57. The van der Waals surface area contributed by atoms with Gasteiger partial charge in [0.2, 0.25) is 0 Å². The highest BCUT2D eigenvalue weighted by atomic mass is 35.5. The maximum atomic E-state index is 14.3. The Morgan fingerprint density at radius 3 is 2.30 bits per heavy atom. The minimum Gasteiger partial charge on any atom is -0.491 e. The van der Waals surface area contributed by atoms with Gasteiger partial charge in [0.15, 0.2) is 0 Å². The van der Waals surface area contributed by atoms with E-state index in [0.717, 1.165) is 12.0 Å². The zero-order chi connectivity index (χ0) is 21.1. The lowest BCUT2D eigenvalue weighted by Gasteiger charge is -2.16. The number of nitrogens with zero attached hydrogens (tertiary/aromatic N) is 1. The predicted molar refractivity (Wildman–Crippen MR) is 115 cm³/mol. The first-order valence-electron chi connectivity index (χ1n) is 9.28. The largest absolute Gasteiger partial charge is 0.491 e. The van der Waals surface area contributed by atoms with Crippen LogP contribution in [0.2, 0.25) is 0 Å². The van der Waals surface area contributed by atoms with E-state index in [0.29, 0.717) is 34.1 Å². The Morgan fingerprint density at radius 1 is 1.33 bits per heavy atom. The molecule has 0 heterocycles. The minimum absolute atomic E-state index is 0.0188. The highest BCUT2D eigenvalue weighted by Gasteiger charge is 2.15. The Bertz CT molecular complexity index is 679. The highest BCUT2D eigenvalue weighted by molar-refractivity contribution is 6.46. The molecule has 0 saturated carbocycles. The molecule has 1 aromatic rings. The topological polar surface area (TPSA) is 41.8 Å². The van der Waals surface area contributed by atoms with Crippen LogP contribution in [-0.4, -0.2) is 23.0 Å². The highest BCUT2D eigenvalue weighted by Crippen LogP contribution is 2.31. The Balaban J connectivity index is 0.00000119. The first-order chi connectivity index (χ1) is 12.6. The number of allylic oxidation sites excluding steroid dienone is 2. The van der Waals surface area contributed by atoms with Crippen LogP contribution in [0.15, 0.2) is 34.9 Å². The summed E-state index contributed by atoms with van der Waals surface area (Å²) >= 11 is 6.37. The van der Waals surface area contributed by atoms with E-state index < -0.39 is 0 Å². The first-order valence-corrected chi connectivity index (χ1v) is 9.66. The summed E-state index contributed by atoms with van der Waals surface area (Å²) in [5.74, 6) is 0.340. The number of rotatable bonds is 7. The molecule has 0 aromatic heterocycles. The maximum absolute atomic E-state index is 14.3. The average molecular weight is 398 g/mol. The molecule has 0 bridgehead atoms. The molecule has 1 N–H and O–H groups in total. The molecule has 0 fully saturated rings. The van der Waals surface area contributed by atoms with Crippen molar-refractivity contribution in [3.63, 3.8) is 0 Å². The summed E-state index contributed by atoms with van der Waals surface area (Å²) in [6.45, 7) is 16.7. The predicted octanol–water partition coefficient (Wildman–Crippen LogP) is 6.66. The van der Waals surface area contributed by atoms with Gasteiger partial charge in [0.25, 0.3) is 0 Å². The summed E-state index contributed by atoms with van der Waals surface area (Å²) in [7, 11) is 0. The maximum Gasteiger partial charge on any atom is 0.131 e. The van der Waals surface area contributed by atoms with Crippen LogP contribution in [0.3, 0.4) is 0 Å². The van der Waals surface area contributed by atoms with Crippen molar-refractivity contribution in [3.8, 4) is 5.75 Å². The third-order valence-electron chi connectivity index (χ3n) is 3.79. The van der Waals surface area contributed by atoms with E-state index in [1.807, 2.05) is 34.6 Å². The molecule has 0 aliphatic heterocycles. The van der Waals surface area contributed by atoms with Gasteiger partial charge in [-0.25, -0.2) is 4.39 Å². The van der Waals surface area contributed by atoms with Crippen molar-refractivity contribution in [2.24, 2.45) is 4.99 Å². The summed E-state index contributed by atoms with van der Waals surface area (Å²) in [4.78, 5) is 4.14. The summed E-state index contributed by atoms with van der Waals surface area (Å²) in [5.41, 5.74) is 2.50. The van der Waals surface area contributed by atoms with Gasteiger partial charge >= 0.3 is 0 Å². The van der Waals surface area contributed by atoms with E-state index in [-0.39, 0.29) is 18.0 Å². The van der Waals surface area contributed by atoms with Crippen molar-refractivity contribution in [1.29, 1.82) is 0 Å². The summed E-state index contributed by atoms with van der Waals surface area (Å²) in [6.07, 6.45) is 2.85. The van der Waals surface area contributed by atoms with Gasteiger partial charge in [-0.3, -0.25) is 4.99 Å². The molecule has 0 aliphatic carbocycles. The quantitative estimate of drug-likeness (QED) is 0.522. The number of aryl methyl sites for hydroxylation is 1. The number of hydrogen-bond acceptors (Lipinski definition) is 3. The molecule has 0 aliphatic rings. The Morgan fingerprint density at radius 2 is 1.89 bits per heavy atom. The zero-order valence-corrected chi connectivity index (χ0v) is 18.3. The fraction of sp³-hybridized carbons (Fsp3) is 0.500. The van der Waals surface area contributed by atoms with E-state index in [1.165, 1.54) is 12.3 Å². The smallest absolute Gasteiger partial charge is 0.131 e. The number of ether oxygens (including phenoxy) is 1. The van der Waals surface area contributed by atoms with Crippen LogP contribution >= 0.6 is 11.6 Å². The monoisotopic (exact) mass is 397 g/mol. The van der Waals surface area contributed by atoms with Crippen LogP contribution in [-0.2, 0) is 0 Å². The second-order valence-corrected chi connectivity index (χ2v) is 6.95.